The second-order valence-electron chi connectivity index (χ2n) is 7.54. The van der Waals surface area contributed by atoms with Crippen LogP contribution in [0.1, 0.15) is 29.2 Å². The molecule has 0 unspecified atom stereocenters. The van der Waals surface area contributed by atoms with E-state index >= 15 is 0 Å². The number of alkyl halides is 3. The number of rotatable bonds is 6. The highest BCUT2D eigenvalue weighted by molar-refractivity contribution is 6.20. The number of anilines is 1. The summed E-state index contributed by atoms with van der Waals surface area (Å²) in [6.07, 6.45) is 7.48. The van der Waals surface area contributed by atoms with Crippen LogP contribution in [0.4, 0.5) is 14.5 Å². The van der Waals surface area contributed by atoms with Crippen LogP contribution < -0.4 is 10.1 Å². The van der Waals surface area contributed by atoms with E-state index in [1.54, 1.807) is 18.5 Å². The first kappa shape index (κ1) is 20.4. The third-order valence-electron chi connectivity index (χ3n) is 5.19. The molecule has 2 heterocycles. The van der Waals surface area contributed by atoms with Gasteiger partial charge >= 0.3 is 5.57 Å². The number of ether oxygens (including phenoxy) is 1. The number of halogens is 3. The lowest BCUT2D eigenvalue weighted by molar-refractivity contribution is -0.0964. The quantitative estimate of drug-likeness (QED) is 0.371. The largest absolute Gasteiger partial charge is 0.487 e. The fraction of sp³-hybridized carbons (Fsp3) is 0.174. The standard InChI is InChI=1S/C23H17ClF2N4O2/c24-23(25,26)32-18-7-3-16(4-8-18)29-22(31)15-10-19(14-2-1-9-27-12-14)21-20(11-15)28-13-30(21)17-5-6-17/h1-4,7-13,17H,5-6H2,(H,29,31). The summed E-state index contributed by atoms with van der Waals surface area (Å²) in [6.45, 7) is 0. The molecule has 1 amide bonds. The Morgan fingerprint density at radius 3 is 2.62 bits per heavy atom. The van der Waals surface area contributed by atoms with Gasteiger partial charge in [-0.3, -0.25) is 9.78 Å². The van der Waals surface area contributed by atoms with Crippen LogP contribution in [0.3, 0.4) is 0 Å². The van der Waals surface area contributed by atoms with Gasteiger partial charge in [0.2, 0.25) is 0 Å². The Morgan fingerprint density at radius 1 is 1.19 bits per heavy atom. The van der Waals surface area contributed by atoms with Gasteiger partial charge in [0.15, 0.2) is 0 Å². The highest BCUT2D eigenvalue weighted by atomic mass is 35.5. The number of hydrogen-bond acceptors (Lipinski definition) is 4. The van der Waals surface area contributed by atoms with E-state index in [2.05, 4.69) is 24.6 Å². The maximum atomic E-state index is 13.0. The Morgan fingerprint density at radius 2 is 1.97 bits per heavy atom. The van der Waals surface area contributed by atoms with E-state index in [1.165, 1.54) is 24.3 Å². The topological polar surface area (TPSA) is 69.0 Å². The fourth-order valence-electron chi connectivity index (χ4n) is 3.62. The Balaban J connectivity index is 1.47. The number of fused-ring (bicyclic) bond motifs is 1. The maximum absolute atomic E-state index is 13.0. The van der Waals surface area contributed by atoms with E-state index in [4.69, 9.17) is 11.6 Å². The minimum absolute atomic E-state index is 0.117. The number of benzene rings is 2. The van der Waals surface area contributed by atoms with Crippen LogP contribution in [0, 0.1) is 0 Å². The Labute approximate surface area is 186 Å². The lowest BCUT2D eigenvalue weighted by Crippen LogP contribution is -2.16. The Hall–Kier alpha value is -3.52. The summed E-state index contributed by atoms with van der Waals surface area (Å²) in [5.74, 6) is -0.469. The Bertz CT molecular complexity index is 1280. The van der Waals surface area contributed by atoms with Crippen molar-refractivity contribution in [3.63, 3.8) is 0 Å². The molecule has 0 atom stereocenters. The average Bonchev–Trinajstić information content (AvgIpc) is 3.52. The van der Waals surface area contributed by atoms with Crippen molar-refractivity contribution in [2.45, 2.75) is 24.5 Å². The zero-order valence-corrected chi connectivity index (χ0v) is 17.4. The van der Waals surface area contributed by atoms with Crippen molar-refractivity contribution < 1.29 is 18.3 Å². The first-order chi connectivity index (χ1) is 15.4. The maximum Gasteiger partial charge on any atom is 0.487 e. The second-order valence-corrected chi connectivity index (χ2v) is 7.98. The van der Waals surface area contributed by atoms with E-state index in [-0.39, 0.29) is 11.7 Å². The van der Waals surface area contributed by atoms with Crippen molar-refractivity contribution in [1.29, 1.82) is 0 Å². The molecule has 32 heavy (non-hydrogen) atoms. The van der Waals surface area contributed by atoms with Crippen LogP contribution in [0.2, 0.25) is 0 Å². The predicted molar refractivity (Wildman–Crippen MR) is 117 cm³/mol. The highest BCUT2D eigenvalue weighted by Gasteiger charge is 2.28. The molecule has 0 saturated heterocycles. The molecule has 1 fully saturated rings. The lowest BCUT2D eigenvalue weighted by atomic mass is 10.0. The summed E-state index contributed by atoms with van der Waals surface area (Å²) in [6, 6.07) is 13.3. The monoisotopic (exact) mass is 454 g/mol. The van der Waals surface area contributed by atoms with Gasteiger partial charge < -0.3 is 14.6 Å². The van der Waals surface area contributed by atoms with Crippen molar-refractivity contribution in [2.75, 3.05) is 5.32 Å². The molecule has 1 N–H and O–H groups in total. The number of pyridine rings is 1. The van der Waals surface area contributed by atoms with Crippen LogP contribution in [-0.2, 0) is 0 Å². The van der Waals surface area contributed by atoms with Crippen molar-refractivity contribution in [3.8, 4) is 16.9 Å². The first-order valence-electron chi connectivity index (χ1n) is 9.95. The molecule has 1 saturated carbocycles. The summed E-state index contributed by atoms with van der Waals surface area (Å²) in [4.78, 5) is 21.7. The molecule has 162 valence electrons. The molecule has 0 spiro atoms. The zero-order chi connectivity index (χ0) is 22.3. The van der Waals surface area contributed by atoms with Gasteiger partial charge in [-0.15, -0.1) is 8.78 Å². The number of carbonyl (C=O) groups is 1. The number of nitrogens with one attached hydrogen (secondary N) is 1. The minimum Gasteiger partial charge on any atom is -0.420 e. The normalized spacial score (nSPS) is 13.8. The average molecular weight is 455 g/mol. The van der Waals surface area contributed by atoms with Crippen molar-refractivity contribution in [2.24, 2.45) is 0 Å². The van der Waals surface area contributed by atoms with Gasteiger partial charge in [0, 0.05) is 52.4 Å². The molecule has 2 aromatic heterocycles. The highest BCUT2D eigenvalue weighted by Crippen LogP contribution is 2.40. The summed E-state index contributed by atoms with van der Waals surface area (Å²) in [5.41, 5.74) is 0.498. The Kier molecular flexibility index (Phi) is 5.01. The number of aromatic nitrogens is 3. The van der Waals surface area contributed by atoms with Crippen molar-refractivity contribution in [1.82, 2.24) is 14.5 Å². The number of imidazole rings is 1. The predicted octanol–water partition coefficient (Wildman–Crippen LogP) is 5.85. The van der Waals surface area contributed by atoms with Gasteiger partial charge in [-0.05, 0) is 55.3 Å². The van der Waals surface area contributed by atoms with E-state index in [0.29, 0.717) is 17.3 Å². The van der Waals surface area contributed by atoms with Crippen LogP contribution in [0.5, 0.6) is 5.75 Å². The molecule has 4 aromatic rings. The summed E-state index contributed by atoms with van der Waals surface area (Å²) < 4.78 is 32.0. The molecular weight excluding hydrogens is 438 g/mol. The fourth-order valence-corrected chi connectivity index (χ4v) is 3.71. The smallest absolute Gasteiger partial charge is 0.420 e. The van der Waals surface area contributed by atoms with Crippen molar-refractivity contribution >= 4 is 34.2 Å². The first-order valence-corrected chi connectivity index (χ1v) is 10.3. The SMILES string of the molecule is O=C(Nc1ccc(OC(F)(F)Cl)cc1)c1cc(-c2cccnc2)c2c(c1)ncn2C1CC1. The third-order valence-corrected chi connectivity index (χ3v) is 5.27. The number of carbonyl (C=O) groups excluding carboxylic acids is 1. The molecule has 5 rings (SSSR count). The molecule has 2 aromatic carbocycles. The van der Waals surface area contributed by atoms with Gasteiger partial charge in [-0.2, -0.15) is 0 Å². The van der Waals surface area contributed by atoms with E-state index in [0.717, 1.165) is 35.0 Å². The molecular formula is C23H17ClF2N4O2. The van der Waals surface area contributed by atoms with Crippen LogP contribution in [-0.4, -0.2) is 26.0 Å². The minimum atomic E-state index is -3.80. The summed E-state index contributed by atoms with van der Waals surface area (Å²) >= 11 is 4.77. The van der Waals surface area contributed by atoms with Gasteiger partial charge in [0.05, 0.1) is 17.4 Å². The molecule has 1 aliphatic rings. The van der Waals surface area contributed by atoms with E-state index in [1.807, 2.05) is 24.5 Å². The van der Waals surface area contributed by atoms with Crippen LogP contribution in [0.15, 0.2) is 67.3 Å². The van der Waals surface area contributed by atoms with E-state index < -0.39 is 5.57 Å². The molecule has 0 aliphatic heterocycles. The van der Waals surface area contributed by atoms with Gasteiger partial charge in [0.1, 0.15) is 5.75 Å². The molecule has 0 bridgehead atoms. The van der Waals surface area contributed by atoms with Gasteiger partial charge in [-0.25, -0.2) is 4.98 Å². The number of hydrogen-bond donors (Lipinski definition) is 1. The van der Waals surface area contributed by atoms with Gasteiger partial charge in [-0.1, -0.05) is 6.07 Å². The molecule has 6 nitrogen and oxygen atoms in total. The van der Waals surface area contributed by atoms with Crippen LogP contribution >= 0.6 is 11.6 Å². The molecule has 0 radical (unpaired) electrons. The zero-order valence-electron chi connectivity index (χ0n) is 16.6. The second kappa shape index (κ2) is 7.87. The molecule has 9 heteroatoms. The van der Waals surface area contributed by atoms with Crippen LogP contribution in [0.25, 0.3) is 22.2 Å². The third kappa shape index (κ3) is 4.27. The number of nitrogens with zero attached hydrogens (tertiary/aromatic N) is 3. The molecule has 1 aliphatic carbocycles. The summed E-state index contributed by atoms with van der Waals surface area (Å²) in [7, 11) is 0. The van der Waals surface area contributed by atoms with Crippen molar-refractivity contribution in [3.05, 3.63) is 72.8 Å². The summed E-state index contributed by atoms with van der Waals surface area (Å²) in [5, 5.41) is 2.77. The number of amides is 1. The van der Waals surface area contributed by atoms with E-state index in [9.17, 15) is 13.6 Å². The lowest BCUT2D eigenvalue weighted by Gasteiger charge is -2.12. The van der Waals surface area contributed by atoms with Gasteiger partial charge in [0.25, 0.3) is 5.91 Å².